The lowest BCUT2D eigenvalue weighted by atomic mass is 9.93. The molecule has 0 aliphatic carbocycles. The molecule has 98 valence electrons. The van der Waals surface area contributed by atoms with E-state index >= 15 is 0 Å². The van der Waals surface area contributed by atoms with Crippen LogP contribution in [0.4, 0.5) is 5.69 Å². The fraction of sp³-hybridized carbons (Fsp3) is 0.500. The molecule has 0 spiro atoms. The van der Waals surface area contributed by atoms with Crippen molar-refractivity contribution >= 4 is 11.6 Å². The first-order valence-corrected chi connectivity index (χ1v) is 6.28. The molecule has 0 bridgehead atoms. The molecule has 1 aliphatic heterocycles. The molecule has 2 rings (SSSR count). The summed E-state index contributed by atoms with van der Waals surface area (Å²) in [5.74, 6) is 0.0117. The normalized spacial score (nSPS) is 16.1. The van der Waals surface area contributed by atoms with Crippen LogP contribution in [-0.2, 0) is 22.4 Å². The minimum Gasteiger partial charge on any atom is -0.386 e. The maximum absolute atomic E-state index is 11.5. The van der Waals surface area contributed by atoms with E-state index in [2.05, 4.69) is 18.3 Å². The van der Waals surface area contributed by atoms with E-state index in [-0.39, 0.29) is 12.5 Å². The molecule has 18 heavy (non-hydrogen) atoms. The second kappa shape index (κ2) is 5.50. The molecule has 4 heteroatoms. The first-order valence-electron chi connectivity index (χ1n) is 6.28. The van der Waals surface area contributed by atoms with Gasteiger partial charge in [0.2, 0.25) is 5.91 Å². The van der Waals surface area contributed by atoms with E-state index in [0.29, 0.717) is 6.42 Å². The Hall–Kier alpha value is -1.39. The van der Waals surface area contributed by atoms with E-state index in [4.69, 9.17) is 4.74 Å². The van der Waals surface area contributed by atoms with Gasteiger partial charge in [-0.05, 0) is 24.0 Å². The van der Waals surface area contributed by atoms with Gasteiger partial charge in [-0.1, -0.05) is 19.1 Å². The Morgan fingerprint density at radius 1 is 1.44 bits per heavy atom. The highest BCUT2D eigenvalue weighted by atomic mass is 16.5. The molecule has 1 amide bonds. The van der Waals surface area contributed by atoms with Gasteiger partial charge in [0.1, 0.15) is 6.10 Å². The highest BCUT2D eigenvalue weighted by Gasteiger charge is 2.22. The third kappa shape index (κ3) is 2.54. The quantitative estimate of drug-likeness (QED) is 0.855. The minimum absolute atomic E-state index is 0.0117. The third-order valence-corrected chi connectivity index (χ3v) is 3.29. The van der Waals surface area contributed by atoms with Crippen LogP contribution < -0.4 is 5.32 Å². The van der Waals surface area contributed by atoms with Crippen molar-refractivity contribution in [3.05, 3.63) is 28.8 Å². The van der Waals surface area contributed by atoms with Gasteiger partial charge in [0, 0.05) is 24.8 Å². The zero-order valence-corrected chi connectivity index (χ0v) is 10.8. The van der Waals surface area contributed by atoms with Gasteiger partial charge in [0.15, 0.2) is 0 Å². The summed E-state index contributed by atoms with van der Waals surface area (Å²) in [6.45, 7) is 2.31. The Balaban J connectivity index is 2.44. The van der Waals surface area contributed by atoms with Crippen LogP contribution in [0.3, 0.4) is 0 Å². The molecule has 0 aromatic heterocycles. The Bertz CT molecular complexity index is 457. The summed E-state index contributed by atoms with van der Waals surface area (Å²) in [7, 11) is 1.55. The maximum Gasteiger partial charge on any atom is 0.224 e. The van der Waals surface area contributed by atoms with Gasteiger partial charge in [0.25, 0.3) is 0 Å². The zero-order chi connectivity index (χ0) is 13.1. The number of hydrogen-bond donors (Lipinski definition) is 2. The van der Waals surface area contributed by atoms with E-state index in [1.54, 1.807) is 7.11 Å². The number of methoxy groups -OCH3 is 1. The number of carbonyl (C=O) groups excluding carboxylic acids is 1. The summed E-state index contributed by atoms with van der Waals surface area (Å²) in [4.78, 5) is 11.5. The Morgan fingerprint density at radius 2 is 2.22 bits per heavy atom. The van der Waals surface area contributed by atoms with Crippen molar-refractivity contribution in [3.63, 3.8) is 0 Å². The smallest absolute Gasteiger partial charge is 0.224 e. The fourth-order valence-electron chi connectivity index (χ4n) is 2.31. The van der Waals surface area contributed by atoms with Gasteiger partial charge in [0.05, 0.1) is 6.61 Å². The molecule has 1 aromatic rings. The number of carbonyl (C=O) groups is 1. The van der Waals surface area contributed by atoms with Gasteiger partial charge in [-0.15, -0.1) is 0 Å². The summed E-state index contributed by atoms with van der Waals surface area (Å²) in [5.41, 5.74) is 3.82. The predicted molar refractivity (Wildman–Crippen MR) is 69.6 cm³/mol. The monoisotopic (exact) mass is 249 g/mol. The second-order valence-corrected chi connectivity index (χ2v) is 4.59. The van der Waals surface area contributed by atoms with E-state index in [0.717, 1.165) is 29.7 Å². The first-order chi connectivity index (χ1) is 8.65. The molecule has 4 nitrogen and oxygen atoms in total. The molecule has 0 radical (unpaired) electrons. The summed E-state index contributed by atoms with van der Waals surface area (Å²) in [6.07, 6.45) is 1.46. The van der Waals surface area contributed by atoms with Gasteiger partial charge in [-0.3, -0.25) is 4.79 Å². The molecule has 1 aliphatic rings. The average molecular weight is 249 g/mol. The topological polar surface area (TPSA) is 58.6 Å². The number of aliphatic hydroxyl groups excluding tert-OH is 1. The highest BCUT2D eigenvalue weighted by Crippen LogP contribution is 2.32. The molecule has 0 fully saturated rings. The number of nitrogens with one attached hydrogen (secondary N) is 1. The molecule has 0 saturated carbocycles. The number of hydrogen-bond acceptors (Lipinski definition) is 3. The van der Waals surface area contributed by atoms with Crippen LogP contribution in [0.5, 0.6) is 0 Å². The van der Waals surface area contributed by atoms with Crippen LogP contribution in [0.1, 0.15) is 36.1 Å². The summed E-state index contributed by atoms with van der Waals surface area (Å²) < 4.78 is 4.99. The number of amides is 1. The van der Waals surface area contributed by atoms with Crippen molar-refractivity contribution in [2.24, 2.45) is 0 Å². The maximum atomic E-state index is 11.5. The van der Waals surface area contributed by atoms with E-state index in [1.165, 1.54) is 5.56 Å². The van der Waals surface area contributed by atoms with E-state index in [1.807, 2.05) is 6.07 Å². The predicted octanol–water partition coefficient (Wildman–Crippen LogP) is 1.81. The lowest BCUT2D eigenvalue weighted by molar-refractivity contribution is -0.116. The van der Waals surface area contributed by atoms with Crippen molar-refractivity contribution in [2.75, 3.05) is 19.0 Å². The molecular formula is C14H19NO3. The molecule has 2 N–H and O–H groups in total. The molecule has 1 atom stereocenters. The Labute approximate surface area is 107 Å². The van der Waals surface area contributed by atoms with E-state index < -0.39 is 6.10 Å². The van der Waals surface area contributed by atoms with Crippen molar-refractivity contribution in [1.29, 1.82) is 0 Å². The SMILES string of the molecule is CCc1cc2c(c(C(O)COC)c1)NC(=O)CC2. The number of fused-ring (bicyclic) bond motifs is 1. The van der Waals surface area contributed by atoms with Crippen LogP contribution in [0.15, 0.2) is 12.1 Å². The van der Waals surface area contributed by atoms with E-state index in [9.17, 15) is 9.90 Å². The number of anilines is 1. The summed E-state index contributed by atoms with van der Waals surface area (Å²) in [6, 6.07) is 4.06. The molecule has 0 saturated heterocycles. The van der Waals surface area contributed by atoms with Gasteiger partial charge in [-0.2, -0.15) is 0 Å². The highest BCUT2D eigenvalue weighted by molar-refractivity contribution is 5.95. The number of benzene rings is 1. The van der Waals surface area contributed by atoms with Gasteiger partial charge >= 0.3 is 0 Å². The van der Waals surface area contributed by atoms with Crippen LogP contribution in [0.2, 0.25) is 0 Å². The summed E-state index contributed by atoms with van der Waals surface area (Å²) in [5, 5.41) is 13.0. The second-order valence-electron chi connectivity index (χ2n) is 4.59. The third-order valence-electron chi connectivity index (χ3n) is 3.29. The fourth-order valence-corrected chi connectivity index (χ4v) is 2.31. The van der Waals surface area contributed by atoms with Crippen LogP contribution in [0.25, 0.3) is 0 Å². The number of ether oxygens (including phenoxy) is 1. The van der Waals surface area contributed by atoms with Crippen LogP contribution in [-0.4, -0.2) is 24.7 Å². The van der Waals surface area contributed by atoms with Gasteiger partial charge < -0.3 is 15.2 Å². The molecule has 1 heterocycles. The number of aliphatic hydroxyl groups is 1. The lowest BCUT2D eigenvalue weighted by Gasteiger charge is -2.24. The van der Waals surface area contributed by atoms with Crippen molar-refractivity contribution in [3.8, 4) is 0 Å². The minimum atomic E-state index is -0.700. The molecular weight excluding hydrogens is 230 g/mol. The summed E-state index contributed by atoms with van der Waals surface area (Å²) >= 11 is 0. The standard InChI is InChI=1S/C14H19NO3/c1-3-9-6-10-4-5-13(17)15-14(10)11(7-9)12(16)8-18-2/h6-7,12,16H,3-5,8H2,1-2H3,(H,15,17). The first kappa shape index (κ1) is 13.1. The van der Waals surface area contributed by atoms with Crippen molar-refractivity contribution < 1.29 is 14.6 Å². The Morgan fingerprint density at radius 3 is 2.89 bits per heavy atom. The zero-order valence-electron chi connectivity index (χ0n) is 10.8. The van der Waals surface area contributed by atoms with Crippen LogP contribution in [0, 0.1) is 0 Å². The Kier molecular flexibility index (Phi) is 3.99. The van der Waals surface area contributed by atoms with Crippen LogP contribution >= 0.6 is 0 Å². The number of rotatable bonds is 4. The average Bonchev–Trinajstić information content (AvgIpc) is 2.37. The molecule has 1 unspecified atom stereocenters. The molecule has 1 aromatic carbocycles. The van der Waals surface area contributed by atoms with Crippen molar-refractivity contribution in [2.45, 2.75) is 32.3 Å². The lowest BCUT2D eigenvalue weighted by Crippen LogP contribution is -2.22. The van der Waals surface area contributed by atoms with Crippen molar-refractivity contribution in [1.82, 2.24) is 0 Å². The number of aryl methyl sites for hydroxylation is 2. The largest absolute Gasteiger partial charge is 0.386 e. The van der Waals surface area contributed by atoms with Gasteiger partial charge in [-0.25, -0.2) is 0 Å².